The first-order valence-corrected chi connectivity index (χ1v) is 24.5. The van der Waals surface area contributed by atoms with Crippen LogP contribution in [0, 0.1) is 50.2 Å². The Balaban J connectivity index is 1.12. The molecule has 3 saturated heterocycles. The summed E-state index contributed by atoms with van der Waals surface area (Å²) >= 11 is 0. The Kier molecular flexibility index (Phi) is 14.4. The molecule has 67 heavy (non-hydrogen) atoms. The molecule has 0 aromatic rings. The number of hydrogen-bond donors (Lipinski definition) is 13. The monoisotopic (exact) mass is 961 g/mol. The van der Waals surface area contributed by atoms with E-state index in [1.807, 2.05) is 13.0 Å². The van der Waals surface area contributed by atoms with E-state index in [1.54, 1.807) is 0 Å². The molecular formula is C48H80O19. The molecule has 26 atom stereocenters. The highest BCUT2D eigenvalue weighted by Gasteiger charge is 2.72. The topological polar surface area (TPSA) is 318 Å². The van der Waals surface area contributed by atoms with Gasteiger partial charge >= 0.3 is 0 Å². The third kappa shape index (κ3) is 8.05. The number of fused-ring (bicyclic) bond motifs is 7. The molecule has 0 aromatic heterocycles. The second-order valence-electron chi connectivity index (χ2n) is 23.6. The van der Waals surface area contributed by atoms with Crippen molar-refractivity contribution in [1.82, 2.24) is 0 Å². The van der Waals surface area contributed by atoms with E-state index in [1.165, 1.54) is 6.92 Å². The maximum absolute atomic E-state index is 12.6. The quantitative estimate of drug-likeness (QED) is 0.0881. The minimum atomic E-state index is -1.91. The molecular weight excluding hydrogens is 881 g/mol. The lowest BCUT2D eigenvalue weighted by molar-refractivity contribution is -0.398. The van der Waals surface area contributed by atoms with Crippen LogP contribution in [0.3, 0.4) is 0 Å². The van der Waals surface area contributed by atoms with Crippen LogP contribution < -0.4 is 0 Å². The van der Waals surface area contributed by atoms with Gasteiger partial charge in [0.05, 0.1) is 50.8 Å². The first-order valence-electron chi connectivity index (χ1n) is 24.5. The van der Waals surface area contributed by atoms with Crippen LogP contribution in [-0.4, -0.2) is 203 Å². The second kappa shape index (κ2) is 18.5. The van der Waals surface area contributed by atoms with Gasteiger partial charge in [-0.1, -0.05) is 53.2 Å². The lowest BCUT2D eigenvalue weighted by atomic mass is 9.33. The van der Waals surface area contributed by atoms with Crippen LogP contribution in [0.4, 0.5) is 0 Å². The summed E-state index contributed by atoms with van der Waals surface area (Å²) in [4.78, 5) is 0. The minimum absolute atomic E-state index is 0.0152. The van der Waals surface area contributed by atoms with Gasteiger partial charge < -0.3 is 94.8 Å². The highest BCUT2D eigenvalue weighted by molar-refractivity contribution is 5.37. The summed E-state index contributed by atoms with van der Waals surface area (Å²) in [6, 6.07) is 0. The molecule has 0 radical (unpaired) electrons. The summed E-state index contributed by atoms with van der Waals surface area (Å²) in [6.07, 6.45) is -20.1. The molecule has 19 nitrogen and oxygen atoms in total. The van der Waals surface area contributed by atoms with Crippen molar-refractivity contribution in [3.8, 4) is 0 Å². The van der Waals surface area contributed by atoms with Crippen LogP contribution in [0.2, 0.25) is 0 Å². The van der Waals surface area contributed by atoms with E-state index in [-0.39, 0.29) is 36.4 Å². The summed E-state index contributed by atoms with van der Waals surface area (Å²) in [7, 11) is 0. The second-order valence-corrected chi connectivity index (χ2v) is 23.6. The highest BCUT2D eigenvalue weighted by atomic mass is 16.8. The van der Waals surface area contributed by atoms with Gasteiger partial charge in [-0.3, -0.25) is 0 Å². The van der Waals surface area contributed by atoms with Gasteiger partial charge in [0.1, 0.15) is 67.1 Å². The predicted molar refractivity (Wildman–Crippen MR) is 233 cm³/mol. The largest absolute Gasteiger partial charge is 0.396 e. The Morgan fingerprint density at radius 1 is 0.597 bits per heavy atom. The zero-order chi connectivity index (χ0) is 49.1. The van der Waals surface area contributed by atoms with Crippen LogP contribution in [0.1, 0.15) is 99.8 Å². The van der Waals surface area contributed by atoms with E-state index in [0.717, 1.165) is 18.4 Å². The number of rotatable bonds is 10. The molecule has 8 aliphatic rings. The van der Waals surface area contributed by atoms with Crippen LogP contribution in [0.15, 0.2) is 11.6 Å². The van der Waals surface area contributed by atoms with Crippen molar-refractivity contribution >= 4 is 0 Å². The van der Waals surface area contributed by atoms with Crippen molar-refractivity contribution in [2.75, 3.05) is 26.4 Å². The van der Waals surface area contributed by atoms with Crippen molar-refractivity contribution in [2.45, 2.75) is 210 Å². The Morgan fingerprint density at radius 2 is 1.18 bits per heavy atom. The molecule has 19 heteroatoms. The molecule has 7 fully saturated rings. The summed E-state index contributed by atoms with van der Waals surface area (Å²) in [5.41, 5.74) is -2.16. The molecule has 3 heterocycles. The van der Waals surface area contributed by atoms with Gasteiger partial charge in [-0.15, -0.1) is 0 Å². The summed E-state index contributed by atoms with van der Waals surface area (Å²) in [5, 5.41) is 143. The van der Waals surface area contributed by atoms with E-state index >= 15 is 0 Å². The van der Waals surface area contributed by atoms with Crippen molar-refractivity contribution in [3.63, 3.8) is 0 Å². The van der Waals surface area contributed by atoms with Crippen molar-refractivity contribution in [1.29, 1.82) is 0 Å². The Labute approximate surface area is 392 Å². The number of allylic oxidation sites excluding steroid dienone is 1. The van der Waals surface area contributed by atoms with Gasteiger partial charge in [0.2, 0.25) is 0 Å². The molecule has 4 saturated carbocycles. The maximum atomic E-state index is 12.6. The van der Waals surface area contributed by atoms with Crippen molar-refractivity contribution in [3.05, 3.63) is 11.6 Å². The van der Waals surface area contributed by atoms with Crippen LogP contribution in [0.5, 0.6) is 0 Å². The molecule has 0 spiro atoms. The van der Waals surface area contributed by atoms with Gasteiger partial charge in [-0.25, -0.2) is 0 Å². The van der Waals surface area contributed by atoms with Gasteiger partial charge in [-0.05, 0) is 91.8 Å². The van der Waals surface area contributed by atoms with Crippen LogP contribution in [0.25, 0.3) is 0 Å². The van der Waals surface area contributed by atoms with Gasteiger partial charge in [0.15, 0.2) is 18.9 Å². The number of hydrogen-bond acceptors (Lipinski definition) is 19. The molecule has 0 amide bonds. The average Bonchev–Trinajstić information content (AvgIpc) is 3.28. The maximum Gasteiger partial charge on any atom is 0.187 e. The van der Waals surface area contributed by atoms with E-state index in [9.17, 15) is 66.4 Å². The standard InChI is InChI=1S/C48H80O19/c1-21-30(55)37(66-40-35(60)33(58)31(56)25(17-49)63-40)38(67-41-36(61)34(59)32(57)26(18-50)64-41)42(62-21)65-29-9-10-44(4)27(45(29,5)19-51)8-11-46(6)39(44)24(53)14-22-23-15-43(2,3)12-13-48(23,20-52)28(54)16-47(22,46)7/h14,21,23-42,49-61H,8-13,15-20H2,1-7H3/t21-,23?,24-,25-,26-,27?,28-,29+,30+,31-,32-,33+,34+,35-,36-,37+,38-,39?,40+,41+,42+,44+,45+,46-,47-,48?/m1/s1. The normalized spacial score (nSPS) is 56.5. The molecule has 8 rings (SSSR count). The molecule has 0 bridgehead atoms. The van der Waals surface area contributed by atoms with Crippen LogP contribution >= 0.6 is 0 Å². The number of aliphatic hydroxyl groups excluding tert-OH is 13. The average molecular weight is 961 g/mol. The summed E-state index contributed by atoms with van der Waals surface area (Å²) in [5.74, 6) is -0.654. The Hall–Kier alpha value is -1.02. The predicted octanol–water partition coefficient (Wildman–Crippen LogP) is -1.44. The van der Waals surface area contributed by atoms with Gasteiger partial charge in [0, 0.05) is 16.7 Å². The summed E-state index contributed by atoms with van der Waals surface area (Å²) in [6.45, 7) is 12.6. The smallest absolute Gasteiger partial charge is 0.187 e. The van der Waals surface area contributed by atoms with Crippen LogP contribution in [-0.2, 0) is 28.4 Å². The van der Waals surface area contributed by atoms with Gasteiger partial charge in [0.25, 0.3) is 0 Å². The minimum Gasteiger partial charge on any atom is -0.396 e. The van der Waals surface area contributed by atoms with E-state index in [4.69, 9.17) is 28.4 Å². The molecule has 386 valence electrons. The molecule has 0 aromatic carbocycles. The SMILES string of the molecule is C[C@H]1O[C@@H](O[C@H]2CC[C@@]3(C)C(CC[C@]4(C)C3[C@H](O)C=C3C5CC(C)(C)CCC5(CO)[C@H](O)C[C@]34C)[C@]2(C)CO)[C@H](O[C@@H]2O[C@H](CO)[C@@H](O)[C@H](O)[C@H]2O)[C@@H](O[C@@H]2O[C@H](CO)[C@@H](O)[C@H](O)[C@H]2O)[C@H]1O. The lowest BCUT2D eigenvalue weighted by Crippen LogP contribution is -2.70. The fourth-order valence-electron chi connectivity index (χ4n) is 15.3. The van der Waals surface area contributed by atoms with Crippen molar-refractivity contribution in [2.24, 2.45) is 50.2 Å². The molecule has 4 unspecified atom stereocenters. The van der Waals surface area contributed by atoms with E-state index in [0.29, 0.717) is 38.5 Å². The first kappa shape index (κ1) is 52.3. The third-order valence-electron chi connectivity index (χ3n) is 19.5. The first-order chi connectivity index (χ1) is 31.3. The fourth-order valence-corrected chi connectivity index (χ4v) is 15.3. The fraction of sp³-hybridized carbons (Fsp3) is 0.958. The Bertz CT molecular complexity index is 1790. The highest BCUT2D eigenvalue weighted by Crippen LogP contribution is 2.76. The Morgan fingerprint density at radius 3 is 1.73 bits per heavy atom. The summed E-state index contributed by atoms with van der Waals surface area (Å²) < 4.78 is 37.1. The third-order valence-corrected chi connectivity index (χ3v) is 19.5. The van der Waals surface area contributed by atoms with Gasteiger partial charge in [-0.2, -0.15) is 0 Å². The number of aliphatic hydroxyl groups is 13. The number of ether oxygens (including phenoxy) is 6. The zero-order valence-electron chi connectivity index (χ0n) is 40.0. The van der Waals surface area contributed by atoms with E-state index in [2.05, 4.69) is 34.6 Å². The van der Waals surface area contributed by atoms with E-state index < -0.39 is 151 Å². The molecule has 3 aliphatic heterocycles. The zero-order valence-corrected chi connectivity index (χ0v) is 40.0. The molecule has 5 aliphatic carbocycles. The lowest BCUT2D eigenvalue weighted by Gasteiger charge is -2.72. The molecule has 13 N–H and O–H groups in total. The van der Waals surface area contributed by atoms with Crippen molar-refractivity contribution < 1.29 is 94.8 Å².